The molecule has 0 aliphatic carbocycles. The van der Waals surface area contributed by atoms with Crippen LogP contribution in [-0.4, -0.2) is 30.4 Å². The topological polar surface area (TPSA) is 57.6 Å². The van der Waals surface area contributed by atoms with Gasteiger partial charge in [0.2, 0.25) is 10.0 Å². The number of rotatable bonds is 3. The molecule has 106 valence electrons. The Bertz CT molecular complexity index is 554. The summed E-state index contributed by atoms with van der Waals surface area (Å²) in [7, 11) is -3.45. The summed E-state index contributed by atoms with van der Waals surface area (Å²) in [6.45, 7) is 6.21. The van der Waals surface area contributed by atoms with Crippen molar-refractivity contribution < 1.29 is 13.5 Å². The highest BCUT2D eigenvalue weighted by atomic mass is 32.2. The third kappa shape index (κ3) is 2.83. The molecule has 0 amide bonds. The highest BCUT2D eigenvalue weighted by molar-refractivity contribution is 7.89. The molecular formula is C14H21NO3S. The Hall–Kier alpha value is -0.910. The Morgan fingerprint density at radius 2 is 2.05 bits per heavy atom. The fourth-order valence-corrected chi connectivity index (χ4v) is 4.48. The molecule has 4 nitrogen and oxygen atoms in total. The van der Waals surface area contributed by atoms with E-state index in [0.29, 0.717) is 18.0 Å². The van der Waals surface area contributed by atoms with Crippen molar-refractivity contribution in [3.8, 4) is 0 Å². The summed E-state index contributed by atoms with van der Waals surface area (Å²) in [4.78, 5) is 0.270. The van der Waals surface area contributed by atoms with Crippen LogP contribution in [0.25, 0.3) is 0 Å². The molecule has 2 rings (SSSR count). The lowest BCUT2D eigenvalue weighted by atomic mass is 10.1. The van der Waals surface area contributed by atoms with Gasteiger partial charge >= 0.3 is 0 Å². The fraction of sp³-hybridized carbons (Fsp3) is 0.571. The van der Waals surface area contributed by atoms with E-state index in [1.807, 2.05) is 6.92 Å². The van der Waals surface area contributed by atoms with Gasteiger partial charge in [0.15, 0.2) is 0 Å². The van der Waals surface area contributed by atoms with Crippen molar-refractivity contribution >= 4 is 10.0 Å². The first kappa shape index (κ1) is 14.5. The van der Waals surface area contributed by atoms with Crippen LogP contribution in [-0.2, 0) is 10.0 Å². The van der Waals surface area contributed by atoms with Crippen molar-refractivity contribution in [3.05, 3.63) is 29.8 Å². The molecule has 5 heteroatoms. The molecule has 0 saturated carbocycles. The Labute approximate surface area is 115 Å². The number of nitrogens with zero attached hydrogens (tertiary/aromatic N) is 1. The maximum absolute atomic E-state index is 12.6. The molecule has 1 heterocycles. The minimum atomic E-state index is -3.45. The summed E-state index contributed by atoms with van der Waals surface area (Å²) in [5.41, 5.74) is 0.626. The predicted molar refractivity (Wildman–Crippen MR) is 74.2 cm³/mol. The van der Waals surface area contributed by atoms with Crippen LogP contribution in [0.5, 0.6) is 0 Å². The highest BCUT2D eigenvalue weighted by Crippen LogP contribution is 2.29. The standard InChI is InChI=1S/C14H21NO3S/c1-10-7-11(2)15(9-10)19(17,18)14-6-4-5-13(8-14)12(3)16/h4-6,8,10-12,16H,7,9H2,1-3H3. The molecule has 1 aliphatic rings. The Morgan fingerprint density at radius 1 is 1.37 bits per heavy atom. The van der Waals surface area contributed by atoms with E-state index in [4.69, 9.17) is 0 Å². The summed E-state index contributed by atoms with van der Waals surface area (Å²) in [6.07, 6.45) is 0.236. The molecule has 1 aliphatic heterocycles. The quantitative estimate of drug-likeness (QED) is 0.925. The Morgan fingerprint density at radius 3 is 2.58 bits per heavy atom. The van der Waals surface area contributed by atoms with E-state index in [9.17, 15) is 13.5 Å². The number of hydrogen-bond donors (Lipinski definition) is 1. The Balaban J connectivity index is 2.37. The van der Waals surface area contributed by atoms with E-state index < -0.39 is 16.1 Å². The van der Waals surface area contributed by atoms with Gasteiger partial charge in [0.25, 0.3) is 0 Å². The molecule has 0 spiro atoms. The van der Waals surface area contributed by atoms with Crippen LogP contribution in [0.2, 0.25) is 0 Å². The first-order chi connectivity index (χ1) is 8.82. The van der Waals surface area contributed by atoms with Gasteiger partial charge in [-0.15, -0.1) is 0 Å². The van der Waals surface area contributed by atoms with Gasteiger partial charge in [0.05, 0.1) is 11.0 Å². The second-order valence-electron chi connectivity index (χ2n) is 5.51. The van der Waals surface area contributed by atoms with E-state index in [0.717, 1.165) is 6.42 Å². The van der Waals surface area contributed by atoms with Crippen LogP contribution in [0.4, 0.5) is 0 Å². The number of hydrogen-bond acceptors (Lipinski definition) is 3. The van der Waals surface area contributed by atoms with Crippen molar-refractivity contribution in [2.24, 2.45) is 5.92 Å². The van der Waals surface area contributed by atoms with Crippen LogP contribution in [0.3, 0.4) is 0 Å². The lowest BCUT2D eigenvalue weighted by Gasteiger charge is -2.21. The first-order valence-electron chi connectivity index (χ1n) is 6.62. The smallest absolute Gasteiger partial charge is 0.243 e. The van der Waals surface area contributed by atoms with E-state index in [2.05, 4.69) is 6.92 Å². The van der Waals surface area contributed by atoms with Crippen LogP contribution < -0.4 is 0 Å². The van der Waals surface area contributed by atoms with Gasteiger partial charge in [-0.3, -0.25) is 0 Å². The predicted octanol–water partition coefficient (Wildman–Crippen LogP) is 2.16. The van der Waals surface area contributed by atoms with Gasteiger partial charge in [-0.2, -0.15) is 4.31 Å². The maximum atomic E-state index is 12.6. The van der Waals surface area contributed by atoms with Gasteiger partial charge < -0.3 is 5.11 Å². The summed E-state index contributed by atoms with van der Waals surface area (Å²) < 4.78 is 26.8. The minimum absolute atomic E-state index is 0.0372. The second-order valence-corrected chi connectivity index (χ2v) is 7.40. The number of aliphatic hydroxyl groups excluding tert-OH is 1. The van der Waals surface area contributed by atoms with E-state index in [-0.39, 0.29) is 10.9 Å². The van der Waals surface area contributed by atoms with Gasteiger partial charge in [-0.25, -0.2) is 8.42 Å². The van der Waals surface area contributed by atoms with Crippen molar-refractivity contribution in [2.75, 3.05) is 6.54 Å². The molecule has 0 bridgehead atoms. The summed E-state index contributed by atoms with van der Waals surface area (Å²) in [5.74, 6) is 0.393. The van der Waals surface area contributed by atoms with Crippen molar-refractivity contribution in [1.29, 1.82) is 0 Å². The van der Waals surface area contributed by atoms with Gasteiger partial charge in [-0.05, 0) is 43.9 Å². The molecule has 19 heavy (non-hydrogen) atoms. The molecule has 1 aromatic rings. The van der Waals surface area contributed by atoms with Crippen LogP contribution in [0, 0.1) is 5.92 Å². The van der Waals surface area contributed by atoms with Gasteiger partial charge in [-0.1, -0.05) is 19.1 Å². The van der Waals surface area contributed by atoms with Crippen molar-refractivity contribution in [1.82, 2.24) is 4.31 Å². The molecule has 1 saturated heterocycles. The zero-order chi connectivity index (χ0) is 14.2. The van der Waals surface area contributed by atoms with Crippen LogP contribution >= 0.6 is 0 Å². The summed E-state index contributed by atoms with van der Waals surface area (Å²) in [6, 6.07) is 6.61. The van der Waals surface area contributed by atoms with Crippen LogP contribution in [0.1, 0.15) is 38.9 Å². The number of sulfonamides is 1. The molecule has 1 N–H and O–H groups in total. The lowest BCUT2D eigenvalue weighted by Crippen LogP contribution is -2.34. The minimum Gasteiger partial charge on any atom is -0.389 e. The van der Waals surface area contributed by atoms with E-state index in [1.165, 1.54) is 0 Å². The average Bonchev–Trinajstić information content (AvgIpc) is 2.69. The van der Waals surface area contributed by atoms with Crippen LogP contribution in [0.15, 0.2) is 29.2 Å². The Kier molecular flexibility index (Phi) is 3.99. The largest absolute Gasteiger partial charge is 0.389 e. The zero-order valence-electron chi connectivity index (χ0n) is 11.6. The number of benzene rings is 1. The van der Waals surface area contributed by atoms with E-state index in [1.54, 1.807) is 35.5 Å². The highest BCUT2D eigenvalue weighted by Gasteiger charge is 2.36. The second kappa shape index (κ2) is 5.23. The molecule has 1 fully saturated rings. The van der Waals surface area contributed by atoms with E-state index >= 15 is 0 Å². The molecule has 0 aromatic heterocycles. The monoisotopic (exact) mass is 283 g/mol. The normalized spacial score (nSPS) is 26.5. The van der Waals surface area contributed by atoms with Crippen molar-refractivity contribution in [2.45, 2.75) is 44.2 Å². The molecule has 3 unspecified atom stereocenters. The number of aliphatic hydroxyl groups is 1. The molecule has 1 aromatic carbocycles. The summed E-state index contributed by atoms with van der Waals surface area (Å²) >= 11 is 0. The third-order valence-corrected chi connectivity index (χ3v) is 5.65. The van der Waals surface area contributed by atoms with Crippen molar-refractivity contribution in [3.63, 3.8) is 0 Å². The zero-order valence-corrected chi connectivity index (χ0v) is 12.4. The van der Waals surface area contributed by atoms with Gasteiger partial charge in [0, 0.05) is 12.6 Å². The molecule has 3 atom stereocenters. The SMILES string of the molecule is CC1CC(C)N(S(=O)(=O)c2cccc(C(C)O)c2)C1. The fourth-order valence-electron chi connectivity index (χ4n) is 2.67. The molecule has 0 radical (unpaired) electrons. The first-order valence-corrected chi connectivity index (χ1v) is 8.06. The van der Waals surface area contributed by atoms with Gasteiger partial charge in [0.1, 0.15) is 0 Å². The summed E-state index contributed by atoms with van der Waals surface area (Å²) in [5, 5.41) is 9.56. The average molecular weight is 283 g/mol. The third-order valence-electron chi connectivity index (χ3n) is 3.67. The molecular weight excluding hydrogens is 262 g/mol. The lowest BCUT2D eigenvalue weighted by molar-refractivity contribution is 0.199. The maximum Gasteiger partial charge on any atom is 0.243 e.